The molecule has 0 amide bonds. The Labute approximate surface area is 86.9 Å². The molecule has 1 unspecified atom stereocenters. The molecule has 0 spiro atoms. The van der Waals surface area contributed by atoms with E-state index in [1.807, 2.05) is 0 Å². The van der Waals surface area contributed by atoms with Crippen LogP contribution in [0, 0.1) is 0 Å². The van der Waals surface area contributed by atoms with Crippen molar-refractivity contribution in [3.8, 4) is 5.75 Å². The van der Waals surface area contributed by atoms with Crippen molar-refractivity contribution in [3.05, 3.63) is 28.8 Å². The van der Waals surface area contributed by atoms with Gasteiger partial charge in [0.25, 0.3) is 0 Å². The van der Waals surface area contributed by atoms with Gasteiger partial charge in [0.1, 0.15) is 5.75 Å². The summed E-state index contributed by atoms with van der Waals surface area (Å²) >= 11 is 5.61. The molecule has 3 nitrogen and oxygen atoms in total. The molecule has 0 saturated heterocycles. The van der Waals surface area contributed by atoms with Gasteiger partial charge in [-0.3, -0.25) is 4.79 Å². The third-order valence-corrected chi connectivity index (χ3v) is 2.40. The molecule has 0 saturated carbocycles. The number of hydrogen-bond acceptors (Lipinski definition) is 2. The number of aromatic hydroxyl groups is 1. The molecular formula is C10H11ClO3. The van der Waals surface area contributed by atoms with Gasteiger partial charge in [0.15, 0.2) is 0 Å². The molecule has 76 valence electrons. The lowest BCUT2D eigenvalue weighted by Crippen LogP contribution is -2.10. The van der Waals surface area contributed by atoms with Crippen LogP contribution in [0.15, 0.2) is 18.2 Å². The topological polar surface area (TPSA) is 57.5 Å². The highest BCUT2D eigenvalue weighted by molar-refractivity contribution is 6.32. The number of aliphatic carboxylic acids is 1. The molecular weight excluding hydrogens is 204 g/mol. The van der Waals surface area contributed by atoms with Crippen molar-refractivity contribution in [2.75, 3.05) is 0 Å². The first kappa shape index (κ1) is 10.9. The van der Waals surface area contributed by atoms with E-state index >= 15 is 0 Å². The summed E-state index contributed by atoms with van der Waals surface area (Å²) in [5, 5.41) is 18.4. The van der Waals surface area contributed by atoms with Crippen molar-refractivity contribution in [2.45, 2.75) is 19.3 Å². The summed E-state index contributed by atoms with van der Waals surface area (Å²) in [4.78, 5) is 10.8. The monoisotopic (exact) mass is 214 g/mol. The van der Waals surface area contributed by atoms with Gasteiger partial charge in [0.2, 0.25) is 0 Å². The SMILES string of the molecule is CCC(C(=O)O)c1ccc(Cl)c(O)c1. The van der Waals surface area contributed by atoms with Gasteiger partial charge in [-0.05, 0) is 24.1 Å². The largest absolute Gasteiger partial charge is 0.506 e. The standard InChI is InChI=1S/C10H11ClO3/c1-2-7(10(13)14)6-3-4-8(11)9(12)5-6/h3-5,7,12H,2H2,1H3,(H,13,14). The average Bonchev–Trinajstić information content (AvgIpc) is 2.11. The number of hydrogen-bond donors (Lipinski definition) is 2. The summed E-state index contributed by atoms with van der Waals surface area (Å²) in [6.07, 6.45) is 0.483. The maximum Gasteiger partial charge on any atom is 0.310 e. The van der Waals surface area contributed by atoms with Gasteiger partial charge in [0, 0.05) is 0 Å². The summed E-state index contributed by atoms with van der Waals surface area (Å²) in [6, 6.07) is 4.51. The Hall–Kier alpha value is -1.22. The van der Waals surface area contributed by atoms with E-state index in [1.54, 1.807) is 13.0 Å². The molecule has 2 N–H and O–H groups in total. The van der Waals surface area contributed by atoms with Crippen LogP contribution in [0.25, 0.3) is 0 Å². The minimum atomic E-state index is -0.894. The maximum absolute atomic E-state index is 10.8. The summed E-state index contributed by atoms with van der Waals surface area (Å²) in [6.45, 7) is 1.78. The molecule has 0 fully saturated rings. The number of phenolic OH excluding ortho intramolecular Hbond substituents is 1. The van der Waals surface area contributed by atoms with E-state index in [0.717, 1.165) is 0 Å². The Morgan fingerprint density at radius 1 is 1.57 bits per heavy atom. The molecule has 0 heterocycles. The first-order valence-electron chi connectivity index (χ1n) is 4.27. The van der Waals surface area contributed by atoms with E-state index in [9.17, 15) is 9.90 Å². The lowest BCUT2D eigenvalue weighted by Gasteiger charge is -2.10. The second-order valence-electron chi connectivity index (χ2n) is 3.01. The van der Waals surface area contributed by atoms with E-state index in [2.05, 4.69) is 0 Å². The quantitative estimate of drug-likeness (QED) is 0.813. The molecule has 1 aromatic rings. The Balaban J connectivity index is 3.06. The first-order chi connectivity index (χ1) is 6.56. The minimum Gasteiger partial charge on any atom is -0.506 e. The molecule has 0 aromatic heterocycles. The van der Waals surface area contributed by atoms with Crippen molar-refractivity contribution >= 4 is 17.6 Å². The lowest BCUT2D eigenvalue weighted by molar-refractivity contribution is -0.138. The van der Waals surface area contributed by atoms with Crippen molar-refractivity contribution in [1.82, 2.24) is 0 Å². The van der Waals surface area contributed by atoms with Crippen LogP contribution in [0.5, 0.6) is 5.75 Å². The highest BCUT2D eigenvalue weighted by Crippen LogP contribution is 2.28. The molecule has 1 aromatic carbocycles. The molecule has 0 bridgehead atoms. The predicted molar refractivity (Wildman–Crippen MR) is 53.8 cm³/mol. The Kier molecular flexibility index (Phi) is 3.36. The number of carbonyl (C=O) groups is 1. The van der Waals surface area contributed by atoms with Gasteiger partial charge in [0.05, 0.1) is 10.9 Å². The zero-order valence-electron chi connectivity index (χ0n) is 7.70. The number of phenols is 1. The number of benzene rings is 1. The Bertz CT molecular complexity index is 349. The van der Waals surface area contributed by atoms with Gasteiger partial charge < -0.3 is 10.2 Å². The highest BCUT2D eigenvalue weighted by atomic mass is 35.5. The molecule has 4 heteroatoms. The third kappa shape index (κ3) is 2.17. The number of carboxylic acids is 1. The fourth-order valence-corrected chi connectivity index (χ4v) is 1.42. The number of carboxylic acid groups (broad SMARTS) is 1. The zero-order valence-corrected chi connectivity index (χ0v) is 8.45. The van der Waals surface area contributed by atoms with Gasteiger partial charge in [-0.15, -0.1) is 0 Å². The summed E-state index contributed by atoms with van der Waals surface area (Å²) in [7, 11) is 0. The minimum absolute atomic E-state index is 0.0798. The fourth-order valence-electron chi connectivity index (χ4n) is 1.30. The lowest BCUT2D eigenvalue weighted by atomic mass is 9.97. The molecule has 1 atom stereocenters. The molecule has 0 aliphatic heterocycles. The summed E-state index contributed by atoms with van der Waals surface area (Å²) in [5.41, 5.74) is 0.571. The third-order valence-electron chi connectivity index (χ3n) is 2.08. The van der Waals surface area contributed by atoms with Crippen molar-refractivity contribution in [2.24, 2.45) is 0 Å². The van der Waals surface area contributed by atoms with Crippen LogP contribution in [0.2, 0.25) is 5.02 Å². The normalized spacial score (nSPS) is 12.4. The second kappa shape index (κ2) is 4.33. The fraction of sp³-hybridized carbons (Fsp3) is 0.300. The molecule has 0 aliphatic rings. The van der Waals surface area contributed by atoms with E-state index in [4.69, 9.17) is 16.7 Å². The van der Waals surface area contributed by atoms with Crippen molar-refractivity contribution in [1.29, 1.82) is 0 Å². The second-order valence-corrected chi connectivity index (χ2v) is 3.42. The first-order valence-corrected chi connectivity index (χ1v) is 4.65. The smallest absolute Gasteiger partial charge is 0.310 e. The van der Waals surface area contributed by atoms with Crippen LogP contribution in [0.3, 0.4) is 0 Å². The Morgan fingerprint density at radius 2 is 2.21 bits per heavy atom. The summed E-state index contributed by atoms with van der Waals surface area (Å²) < 4.78 is 0. The van der Waals surface area contributed by atoms with E-state index in [-0.39, 0.29) is 10.8 Å². The van der Waals surface area contributed by atoms with E-state index in [0.29, 0.717) is 12.0 Å². The van der Waals surface area contributed by atoms with Crippen molar-refractivity contribution < 1.29 is 15.0 Å². The van der Waals surface area contributed by atoms with Crippen LogP contribution < -0.4 is 0 Å². The summed E-state index contributed by atoms with van der Waals surface area (Å²) in [5.74, 6) is -1.56. The number of rotatable bonds is 3. The molecule has 1 rings (SSSR count). The molecule has 0 radical (unpaired) electrons. The van der Waals surface area contributed by atoms with E-state index in [1.165, 1.54) is 12.1 Å². The molecule has 14 heavy (non-hydrogen) atoms. The van der Waals surface area contributed by atoms with Gasteiger partial charge in [-0.2, -0.15) is 0 Å². The van der Waals surface area contributed by atoms with Gasteiger partial charge >= 0.3 is 5.97 Å². The van der Waals surface area contributed by atoms with Gasteiger partial charge in [-0.1, -0.05) is 24.6 Å². The number of halogens is 1. The zero-order chi connectivity index (χ0) is 10.7. The van der Waals surface area contributed by atoms with Crippen molar-refractivity contribution in [3.63, 3.8) is 0 Å². The van der Waals surface area contributed by atoms with Crippen LogP contribution in [0.1, 0.15) is 24.8 Å². The average molecular weight is 215 g/mol. The predicted octanol–water partition coefficient (Wildman–Crippen LogP) is 2.62. The van der Waals surface area contributed by atoms with Crippen LogP contribution in [0.4, 0.5) is 0 Å². The van der Waals surface area contributed by atoms with Crippen LogP contribution in [-0.4, -0.2) is 16.2 Å². The molecule has 0 aliphatic carbocycles. The van der Waals surface area contributed by atoms with E-state index < -0.39 is 11.9 Å². The van der Waals surface area contributed by atoms with Crippen LogP contribution >= 0.6 is 11.6 Å². The van der Waals surface area contributed by atoms with Crippen LogP contribution in [-0.2, 0) is 4.79 Å². The van der Waals surface area contributed by atoms with Gasteiger partial charge in [-0.25, -0.2) is 0 Å². The highest BCUT2D eigenvalue weighted by Gasteiger charge is 2.18. The maximum atomic E-state index is 10.8. The Morgan fingerprint density at radius 3 is 2.64 bits per heavy atom.